The van der Waals surface area contributed by atoms with Gasteiger partial charge in [0.05, 0.1) is 13.2 Å². The highest BCUT2D eigenvalue weighted by atomic mass is 16.5. The fraction of sp³-hybridized carbons (Fsp3) is 0.611. The summed E-state index contributed by atoms with van der Waals surface area (Å²) >= 11 is 0. The zero-order valence-corrected chi connectivity index (χ0v) is 14.2. The summed E-state index contributed by atoms with van der Waals surface area (Å²) in [5, 5.41) is 0. The van der Waals surface area contributed by atoms with Crippen LogP contribution < -0.4 is 15.2 Å². The van der Waals surface area contributed by atoms with Crippen LogP contribution in [0.4, 0.5) is 0 Å². The van der Waals surface area contributed by atoms with Crippen molar-refractivity contribution in [3.05, 3.63) is 23.8 Å². The first-order valence-electron chi connectivity index (χ1n) is 8.61. The lowest BCUT2D eigenvalue weighted by Gasteiger charge is -2.35. The molecule has 1 fully saturated rings. The fourth-order valence-corrected chi connectivity index (χ4v) is 3.11. The van der Waals surface area contributed by atoms with Gasteiger partial charge in [0.2, 0.25) is 0 Å². The lowest BCUT2D eigenvalue weighted by molar-refractivity contribution is 0.0604. The van der Waals surface area contributed by atoms with E-state index >= 15 is 0 Å². The van der Waals surface area contributed by atoms with Crippen molar-refractivity contribution < 1.29 is 14.3 Å². The summed E-state index contributed by atoms with van der Waals surface area (Å²) in [5.74, 6) is 1.38. The van der Waals surface area contributed by atoms with Gasteiger partial charge in [-0.25, -0.2) is 0 Å². The molecule has 1 atom stereocenters. The summed E-state index contributed by atoms with van der Waals surface area (Å²) in [6.45, 7) is 6.38. The van der Waals surface area contributed by atoms with E-state index in [1.807, 2.05) is 30.9 Å². The van der Waals surface area contributed by atoms with Crippen LogP contribution in [-0.4, -0.2) is 43.2 Å². The molecular weight excluding hydrogens is 292 g/mol. The third-order valence-corrected chi connectivity index (χ3v) is 4.18. The van der Waals surface area contributed by atoms with Gasteiger partial charge in [-0.3, -0.25) is 4.79 Å². The number of likely N-dealkylation sites (tertiary alicyclic amines) is 1. The lowest BCUT2D eigenvalue weighted by Crippen LogP contribution is -2.44. The summed E-state index contributed by atoms with van der Waals surface area (Å²) in [4.78, 5) is 14.9. The van der Waals surface area contributed by atoms with E-state index in [9.17, 15) is 4.79 Å². The number of benzene rings is 1. The predicted molar refractivity (Wildman–Crippen MR) is 91.1 cm³/mol. The lowest BCUT2D eigenvalue weighted by atomic mass is 9.98. The molecule has 1 saturated heterocycles. The van der Waals surface area contributed by atoms with Gasteiger partial charge in [-0.2, -0.15) is 0 Å². The minimum absolute atomic E-state index is 0.0622. The van der Waals surface area contributed by atoms with Crippen molar-refractivity contribution in [2.75, 3.05) is 26.3 Å². The van der Waals surface area contributed by atoms with Crippen molar-refractivity contribution in [2.24, 2.45) is 5.73 Å². The Bertz CT molecular complexity index is 517. The van der Waals surface area contributed by atoms with Gasteiger partial charge in [0.15, 0.2) is 11.5 Å². The Hall–Kier alpha value is -1.75. The molecule has 1 aromatic carbocycles. The van der Waals surface area contributed by atoms with Gasteiger partial charge in [-0.15, -0.1) is 0 Å². The molecule has 1 aliphatic rings. The van der Waals surface area contributed by atoms with Crippen LogP contribution >= 0.6 is 0 Å². The number of nitrogens with two attached hydrogens (primary N) is 1. The summed E-state index contributed by atoms with van der Waals surface area (Å²) < 4.78 is 11.2. The predicted octanol–water partition coefficient (Wildman–Crippen LogP) is 2.83. The van der Waals surface area contributed by atoms with Gasteiger partial charge in [0, 0.05) is 18.2 Å². The third kappa shape index (κ3) is 4.38. The normalized spacial score (nSPS) is 17.9. The molecule has 0 aromatic heterocycles. The quantitative estimate of drug-likeness (QED) is 0.839. The van der Waals surface area contributed by atoms with E-state index in [1.54, 1.807) is 6.07 Å². The van der Waals surface area contributed by atoms with E-state index in [-0.39, 0.29) is 11.9 Å². The van der Waals surface area contributed by atoms with Crippen LogP contribution in [0.5, 0.6) is 11.5 Å². The largest absolute Gasteiger partial charge is 0.490 e. The molecule has 2 rings (SSSR count). The van der Waals surface area contributed by atoms with Crippen molar-refractivity contribution in [1.29, 1.82) is 0 Å². The van der Waals surface area contributed by atoms with E-state index in [0.29, 0.717) is 36.8 Å². The van der Waals surface area contributed by atoms with Crippen LogP contribution in [0, 0.1) is 0 Å². The minimum atomic E-state index is 0.0622. The van der Waals surface area contributed by atoms with Gasteiger partial charge in [0.25, 0.3) is 5.91 Å². The zero-order chi connectivity index (χ0) is 16.7. The molecule has 2 N–H and O–H groups in total. The summed E-state index contributed by atoms with van der Waals surface area (Å²) in [7, 11) is 0. The number of ether oxygens (including phenoxy) is 2. The van der Waals surface area contributed by atoms with E-state index < -0.39 is 0 Å². The molecule has 0 aliphatic carbocycles. The summed E-state index contributed by atoms with van der Waals surface area (Å²) in [6.07, 6.45) is 4.13. The average molecular weight is 320 g/mol. The third-order valence-electron chi connectivity index (χ3n) is 4.18. The molecule has 1 amide bonds. The van der Waals surface area contributed by atoms with Crippen LogP contribution in [0.15, 0.2) is 18.2 Å². The van der Waals surface area contributed by atoms with Crippen LogP contribution in [-0.2, 0) is 0 Å². The van der Waals surface area contributed by atoms with Gasteiger partial charge >= 0.3 is 0 Å². The minimum Gasteiger partial charge on any atom is -0.490 e. The van der Waals surface area contributed by atoms with Gasteiger partial charge in [0.1, 0.15) is 0 Å². The van der Waals surface area contributed by atoms with Crippen LogP contribution in [0.3, 0.4) is 0 Å². The monoisotopic (exact) mass is 320 g/mol. The van der Waals surface area contributed by atoms with Crippen molar-refractivity contribution in [3.63, 3.8) is 0 Å². The molecule has 5 nitrogen and oxygen atoms in total. The number of rotatable bonds is 7. The van der Waals surface area contributed by atoms with E-state index in [2.05, 4.69) is 0 Å². The molecular formula is C18H28N2O3. The summed E-state index contributed by atoms with van der Waals surface area (Å²) in [5.41, 5.74) is 6.36. The maximum Gasteiger partial charge on any atom is 0.254 e. The van der Waals surface area contributed by atoms with Gasteiger partial charge < -0.3 is 20.1 Å². The molecule has 1 aliphatic heterocycles. The Morgan fingerprint density at radius 1 is 1.22 bits per heavy atom. The molecule has 1 aromatic rings. The first-order valence-corrected chi connectivity index (χ1v) is 8.61. The van der Waals surface area contributed by atoms with Gasteiger partial charge in [-0.1, -0.05) is 0 Å². The van der Waals surface area contributed by atoms with Crippen LogP contribution in [0.2, 0.25) is 0 Å². The molecule has 5 heteroatoms. The Morgan fingerprint density at radius 2 is 1.96 bits per heavy atom. The zero-order valence-electron chi connectivity index (χ0n) is 14.2. The molecule has 0 bridgehead atoms. The van der Waals surface area contributed by atoms with Crippen LogP contribution in [0.1, 0.15) is 49.9 Å². The molecule has 0 saturated carbocycles. The Balaban J connectivity index is 2.21. The van der Waals surface area contributed by atoms with E-state index in [4.69, 9.17) is 15.2 Å². The van der Waals surface area contributed by atoms with Crippen molar-refractivity contribution in [3.8, 4) is 11.5 Å². The average Bonchev–Trinajstić information content (AvgIpc) is 2.57. The van der Waals surface area contributed by atoms with E-state index in [0.717, 1.165) is 25.8 Å². The number of carbonyl (C=O) groups is 1. The van der Waals surface area contributed by atoms with E-state index in [1.165, 1.54) is 6.42 Å². The van der Waals surface area contributed by atoms with Crippen LogP contribution in [0.25, 0.3) is 0 Å². The number of amides is 1. The number of hydrogen-bond donors (Lipinski definition) is 1. The Labute approximate surface area is 138 Å². The highest BCUT2D eigenvalue weighted by Gasteiger charge is 2.27. The molecule has 23 heavy (non-hydrogen) atoms. The molecule has 128 valence electrons. The molecule has 1 heterocycles. The van der Waals surface area contributed by atoms with Crippen molar-refractivity contribution in [1.82, 2.24) is 4.90 Å². The Kier molecular flexibility index (Phi) is 6.71. The topological polar surface area (TPSA) is 64.8 Å². The number of nitrogens with zero attached hydrogens (tertiary/aromatic N) is 1. The molecule has 0 spiro atoms. The second kappa shape index (κ2) is 8.77. The first-order chi connectivity index (χ1) is 11.2. The maximum atomic E-state index is 12.9. The molecule has 0 unspecified atom stereocenters. The smallest absolute Gasteiger partial charge is 0.254 e. The van der Waals surface area contributed by atoms with Crippen molar-refractivity contribution >= 4 is 5.91 Å². The standard InChI is InChI=1S/C18H28N2O3/c1-3-22-16-9-8-14(13-17(16)23-4-2)18(21)20-12-6-5-7-15(20)10-11-19/h8-9,13,15H,3-7,10-12,19H2,1-2H3/t15-/m0/s1. The highest BCUT2D eigenvalue weighted by molar-refractivity contribution is 5.95. The number of piperidine rings is 1. The fourth-order valence-electron chi connectivity index (χ4n) is 3.11. The van der Waals surface area contributed by atoms with Crippen molar-refractivity contribution in [2.45, 2.75) is 45.6 Å². The summed E-state index contributed by atoms with van der Waals surface area (Å²) in [6, 6.07) is 5.70. The second-order valence-electron chi connectivity index (χ2n) is 5.75. The number of carbonyl (C=O) groups excluding carboxylic acids is 1. The maximum absolute atomic E-state index is 12.9. The van der Waals surface area contributed by atoms with Gasteiger partial charge in [-0.05, 0) is 64.3 Å². The first kappa shape index (κ1) is 17.6. The number of hydrogen-bond acceptors (Lipinski definition) is 4. The Morgan fingerprint density at radius 3 is 2.65 bits per heavy atom. The highest BCUT2D eigenvalue weighted by Crippen LogP contribution is 2.30. The molecule has 0 radical (unpaired) electrons. The second-order valence-corrected chi connectivity index (χ2v) is 5.75. The SMILES string of the molecule is CCOc1ccc(C(=O)N2CCCC[C@H]2CCN)cc1OCC.